The van der Waals surface area contributed by atoms with Crippen molar-refractivity contribution in [1.29, 1.82) is 0 Å². The van der Waals surface area contributed by atoms with Crippen LogP contribution in [0.4, 0.5) is 0 Å². The number of aromatic amines is 1. The Hall–Kier alpha value is -2.63. The fourth-order valence-corrected chi connectivity index (χ4v) is 1.95. The van der Waals surface area contributed by atoms with Gasteiger partial charge in [-0.05, 0) is 12.1 Å². The van der Waals surface area contributed by atoms with Gasteiger partial charge in [0.15, 0.2) is 5.82 Å². The molecule has 0 saturated heterocycles. The van der Waals surface area contributed by atoms with Gasteiger partial charge in [0.25, 0.3) is 5.89 Å². The van der Waals surface area contributed by atoms with E-state index in [0.29, 0.717) is 11.7 Å². The van der Waals surface area contributed by atoms with Gasteiger partial charge < -0.3 is 9.26 Å². The largest absolute Gasteiger partial charge is 0.497 e. The fraction of sp³-hybridized carbons (Fsp3) is 0.214. The normalized spacial score (nSPS) is 10.7. The third kappa shape index (κ3) is 2.16. The molecule has 102 valence electrons. The maximum Gasteiger partial charge on any atom is 0.261 e. The SMILES string of the molecule is CCc1noc(-c2cn[nH]c2-c2cccc(OC)c2)n1. The number of nitrogens with one attached hydrogen (secondary N) is 1. The number of aromatic nitrogens is 4. The summed E-state index contributed by atoms with van der Waals surface area (Å²) in [4.78, 5) is 4.33. The van der Waals surface area contributed by atoms with E-state index in [0.717, 1.165) is 29.0 Å². The van der Waals surface area contributed by atoms with Crippen LogP contribution in [0, 0.1) is 0 Å². The van der Waals surface area contributed by atoms with Gasteiger partial charge in [0, 0.05) is 12.0 Å². The zero-order valence-corrected chi connectivity index (χ0v) is 11.3. The topological polar surface area (TPSA) is 76.8 Å². The second kappa shape index (κ2) is 5.16. The number of benzene rings is 1. The molecule has 0 amide bonds. The van der Waals surface area contributed by atoms with Crippen molar-refractivity contribution < 1.29 is 9.26 Å². The molecule has 0 bridgehead atoms. The monoisotopic (exact) mass is 270 g/mol. The first-order valence-corrected chi connectivity index (χ1v) is 6.32. The smallest absolute Gasteiger partial charge is 0.261 e. The van der Waals surface area contributed by atoms with E-state index in [1.54, 1.807) is 13.3 Å². The highest BCUT2D eigenvalue weighted by molar-refractivity contribution is 5.76. The molecule has 0 fully saturated rings. The van der Waals surface area contributed by atoms with Crippen molar-refractivity contribution in [3.8, 4) is 28.5 Å². The number of hydrogen-bond acceptors (Lipinski definition) is 5. The fourth-order valence-electron chi connectivity index (χ4n) is 1.95. The molecule has 0 aliphatic carbocycles. The summed E-state index contributed by atoms with van der Waals surface area (Å²) in [6.45, 7) is 1.98. The zero-order valence-electron chi connectivity index (χ0n) is 11.3. The Morgan fingerprint density at radius 1 is 1.35 bits per heavy atom. The van der Waals surface area contributed by atoms with Crippen LogP contribution in [0.5, 0.6) is 5.75 Å². The highest BCUT2D eigenvalue weighted by Gasteiger charge is 2.16. The lowest BCUT2D eigenvalue weighted by molar-refractivity contribution is 0.415. The highest BCUT2D eigenvalue weighted by Crippen LogP contribution is 2.30. The van der Waals surface area contributed by atoms with Gasteiger partial charge in [-0.15, -0.1) is 0 Å². The van der Waals surface area contributed by atoms with Gasteiger partial charge in [-0.3, -0.25) is 5.10 Å². The minimum Gasteiger partial charge on any atom is -0.497 e. The molecule has 0 atom stereocenters. The predicted octanol–water partition coefficient (Wildman–Crippen LogP) is 2.70. The summed E-state index contributed by atoms with van der Waals surface area (Å²) in [5.74, 6) is 1.93. The molecule has 6 heteroatoms. The first-order chi connectivity index (χ1) is 9.81. The minimum atomic E-state index is 0.466. The highest BCUT2D eigenvalue weighted by atomic mass is 16.5. The van der Waals surface area contributed by atoms with Gasteiger partial charge in [0.05, 0.1) is 24.6 Å². The van der Waals surface area contributed by atoms with Crippen LogP contribution in [0.25, 0.3) is 22.7 Å². The van der Waals surface area contributed by atoms with Crippen molar-refractivity contribution in [2.45, 2.75) is 13.3 Å². The third-order valence-electron chi connectivity index (χ3n) is 3.01. The second-order valence-electron chi connectivity index (χ2n) is 4.26. The molecule has 2 heterocycles. The molecule has 0 saturated carbocycles. The Kier molecular flexibility index (Phi) is 3.20. The standard InChI is InChI=1S/C14H14N4O2/c1-3-12-16-14(20-18-12)11-8-15-17-13(11)9-5-4-6-10(7-9)19-2/h4-8H,3H2,1-2H3,(H,15,17). The van der Waals surface area contributed by atoms with Crippen LogP contribution >= 0.6 is 0 Å². The van der Waals surface area contributed by atoms with Crippen molar-refractivity contribution >= 4 is 0 Å². The van der Waals surface area contributed by atoms with Crippen LogP contribution < -0.4 is 4.74 Å². The molecular formula is C14H14N4O2. The van der Waals surface area contributed by atoms with E-state index in [1.165, 1.54) is 0 Å². The molecule has 2 aromatic heterocycles. The van der Waals surface area contributed by atoms with Crippen LogP contribution in [0.2, 0.25) is 0 Å². The number of H-pyrrole nitrogens is 1. The maximum atomic E-state index is 5.27. The van der Waals surface area contributed by atoms with Crippen molar-refractivity contribution in [3.05, 3.63) is 36.3 Å². The summed E-state index contributed by atoms with van der Waals surface area (Å²) in [6.07, 6.45) is 2.41. The summed E-state index contributed by atoms with van der Waals surface area (Å²) in [6, 6.07) is 7.70. The molecule has 1 N–H and O–H groups in total. The van der Waals surface area contributed by atoms with Crippen molar-refractivity contribution in [2.24, 2.45) is 0 Å². The van der Waals surface area contributed by atoms with Crippen LogP contribution in [0.3, 0.4) is 0 Å². The van der Waals surface area contributed by atoms with Gasteiger partial charge in [-0.25, -0.2) is 0 Å². The second-order valence-corrected chi connectivity index (χ2v) is 4.26. The Bertz CT molecular complexity index is 717. The van der Waals surface area contributed by atoms with Crippen LogP contribution in [0.15, 0.2) is 35.0 Å². The molecule has 3 aromatic rings. The average Bonchev–Trinajstić information content (AvgIpc) is 3.15. The lowest BCUT2D eigenvalue weighted by Crippen LogP contribution is -1.86. The predicted molar refractivity (Wildman–Crippen MR) is 73.2 cm³/mol. The van der Waals surface area contributed by atoms with Crippen LogP contribution in [0.1, 0.15) is 12.7 Å². The third-order valence-corrected chi connectivity index (χ3v) is 3.01. The Balaban J connectivity index is 2.05. The van der Waals surface area contributed by atoms with Gasteiger partial charge in [0.1, 0.15) is 5.75 Å². The number of methoxy groups -OCH3 is 1. The molecule has 0 unspecified atom stereocenters. The average molecular weight is 270 g/mol. The quantitative estimate of drug-likeness (QED) is 0.788. The molecule has 0 spiro atoms. The van der Waals surface area contributed by atoms with E-state index in [9.17, 15) is 0 Å². The summed E-state index contributed by atoms with van der Waals surface area (Å²) in [5, 5.41) is 10.9. The van der Waals surface area contributed by atoms with E-state index in [1.807, 2.05) is 31.2 Å². The minimum absolute atomic E-state index is 0.466. The molecular weight excluding hydrogens is 256 g/mol. The lowest BCUT2D eigenvalue weighted by Gasteiger charge is -2.03. The van der Waals surface area contributed by atoms with E-state index < -0.39 is 0 Å². The van der Waals surface area contributed by atoms with Gasteiger partial charge in [0.2, 0.25) is 0 Å². The van der Waals surface area contributed by atoms with Gasteiger partial charge in [-0.2, -0.15) is 10.1 Å². The molecule has 1 aromatic carbocycles. The van der Waals surface area contributed by atoms with E-state index in [2.05, 4.69) is 20.3 Å². The maximum absolute atomic E-state index is 5.27. The zero-order chi connectivity index (χ0) is 13.9. The molecule has 3 rings (SSSR count). The molecule has 20 heavy (non-hydrogen) atoms. The summed E-state index contributed by atoms with van der Waals surface area (Å²) >= 11 is 0. The van der Waals surface area contributed by atoms with Gasteiger partial charge in [-0.1, -0.05) is 24.2 Å². The number of nitrogens with zero attached hydrogens (tertiary/aromatic N) is 3. The van der Waals surface area contributed by atoms with Crippen molar-refractivity contribution in [2.75, 3.05) is 7.11 Å². The van der Waals surface area contributed by atoms with Gasteiger partial charge >= 0.3 is 0 Å². The Morgan fingerprint density at radius 3 is 3.00 bits per heavy atom. The molecule has 0 aliphatic heterocycles. The number of rotatable bonds is 4. The van der Waals surface area contributed by atoms with E-state index in [-0.39, 0.29) is 0 Å². The number of hydrogen-bond donors (Lipinski definition) is 1. The first kappa shape index (κ1) is 12.4. The lowest BCUT2D eigenvalue weighted by atomic mass is 10.1. The van der Waals surface area contributed by atoms with E-state index >= 15 is 0 Å². The van der Waals surface area contributed by atoms with E-state index in [4.69, 9.17) is 9.26 Å². The molecule has 0 radical (unpaired) electrons. The molecule has 6 nitrogen and oxygen atoms in total. The number of ether oxygens (including phenoxy) is 1. The van der Waals surface area contributed by atoms with Crippen molar-refractivity contribution in [1.82, 2.24) is 20.3 Å². The summed E-state index contributed by atoms with van der Waals surface area (Å²) in [5.41, 5.74) is 2.56. The Morgan fingerprint density at radius 2 is 2.25 bits per heavy atom. The van der Waals surface area contributed by atoms with Crippen LogP contribution in [-0.2, 0) is 6.42 Å². The molecule has 0 aliphatic rings. The summed E-state index contributed by atoms with van der Waals surface area (Å²) < 4.78 is 10.5. The van der Waals surface area contributed by atoms with Crippen molar-refractivity contribution in [3.63, 3.8) is 0 Å². The van der Waals surface area contributed by atoms with Crippen LogP contribution in [-0.4, -0.2) is 27.4 Å². The summed E-state index contributed by atoms with van der Waals surface area (Å²) in [7, 11) is 1.64. The first-order valence-electron chi connectivity index (χ1n) is 6.32. The Labute approximate surface area is 115 Å². The number of aryl methyl sites for hydroxylation is 1.